The molecule has 0 spiro atoms. The maximum atomic E-state index is 11.5. The summed E-state index contributed by atoms with van der Waals surface area (Å²) in [5.41, 5.74) is 1.81. The summed E-state index contributed by atoms with van der Waals surface area (Å²) < 4.78 is 0. The molecule has 0 atom stereocenters. The van der Waals surface area contributed by atoms with Gasteiger partial charge in [0.25, 0.3) is 5.56 Å². The number of nitrogens with zero attached hydrogens (tertiary/aromatic N) is 2. The van der Waals surface area contributed by atoms with Crippen LogP contribution in [-0.4, -0.2) is 16.5 Å². The van der Waals surface area contributed by atoms with E-state index in [1.54, 1.807) is 0 Å². The van der Waals surface area contributed by atoms with E-state index in [0.29, 0.717) is 12.4 Å². The van der Waals surface area contributed by atoms with Gasteiger partial charge in [-0.3, -0.25) is 4.79 Å². The Kier molecular flexibility index (Phi) is 3.67. The van der Waals surface area contributed by atoms with Crippen LogP contribution in [0.5, 0.6) is 0 Å². The molecule has 0 fully saturated rings. The summed E-state index contributed by atoms with van der Waals surface area (Å²) in [6.07, 6.45) is 1.36. The lowest BCUT2D eigenvalue weighted by Gasteiger charge is -2.22. The molecule has 1 N–H and O–H groups in total. The molecule has 0 radical (unpaired) electrons. The van der Waals surface area contributed by atoms with E-state index in [4.69, 9.17) is 11.6 Å². The van der Waals surface area contributed by atoms with Crippen LogP contribution in [0.1, 0.15) is 12.5 Å². The van der Waals surface area contributed by atoms with E-state index in [0.717, 1.165) is 5.69 Å². The third-order valence-electron chi connectivity index (χ3n) is 2.70. The zero-order valence-electron chi connectivity index (χ0n) is 10.3. The van der Waals surface area contributed by atoms with Crippen LogP contribution in [0.25, 0.3) is 0 Å². The number of hydrogen-bond acceptors (Lipinski definition) is 3. The van der Waals surface area contributed by atoms with Gasteiger partial charge in [0.1, 0.15) is 5.02 Å². The van der Waals surface area contributed by atoms with E-state index in [9.17, 15) is 4.79 Å². The Bertz CT molecular complexity index is 592. The highest BCUT2D eigenvalue weighted by Gasteiger charge is 2.14. The van der Waals surface area contributed by atoms with Gasteiger partial charge in [0.2, 0.25) is 0 Å². The van der Waals surface area contributed by atoms with Gasteiger partial charge in [-0.15, -0.1) is 0 Å². The highest BCUT2D eigenvalue weighted by atomic mass is 35.5. The van der Waals surface area contributed by atoms with Gasteiger partial charge in [0.15, 0.2) is 5.82 Å². The van der Waals surface area contributed by atoms with Crippen LogP contribution in [0, 0.1) is 6.92 Å². The molecule has 0 unspecified atom stereocenters. The first-order valence-electron chi connectivity index (χ1n) is 5.71. The molecule has 0 aliphatic carbocycles. The quantitative estimate of drug-likeness (QED) is 0.926. The number of benzene rings is 1. The van der Waals surface area contributed by atoms with E-state index < -0.39 is 0 Å². The highest BCUT2D eigenvalue weighted by molar-refractivity contribution is 6.32. The van der Waals surface area contributed by atoms with Crippen LogP contribution in [0.2, 0.25) is 5.02 Å². The van der Waals surface area contributed by atoms with Crippen LogP contribution in [0.3, 0.4) is 0 Å². The molecule has 0 amide bonds. The van der Waals surface area contributed by atoms with Gasteiger partial charge in [0, 0.05) is 12.2 Å². The van der Waals surface area contributed by atoms with Crippen molar-refractivity contribution in [2.24, 2.45) is 0 Å². The molecule has 0 aliphatic heterocycles. The number of H-pyrrole nitrogens is 1. The summed E-state index contributed by atoms with van der Waals surface area (Å²) in [6, 6.07) is 7.99. The Morgan fingerprint density at radius 3 is 2.61 bits per heavy atom. The van der Waals surface area contributed by atoms with Crippen molar-refractivity contribution in [2.45, 2.75) is 13.8 Å². The van der Waals surface area contributed by atoms with E-state index in [2.05, 4.69) is 9.97 Å². The van der Waals surface area contributed by atoms with Crippen LogP contribution < -0.4 is 10.5 Å². The SMILES string of the molecule is CCN(c1ccc(C)cc1)c1nc[nH]c(=O)c1Cl. The fourth-order valence-corrected chi connectivity index (χ4v) is 1.95. The van der Waals surface area contributed by atoms with Crippen molar-refractivity contribution < 1.29 is 0 Å². The molecular formula is C13H14ClN3O. The van der Waals surface area contributed by atoms with Crippen molar-refractivity contribution in [3.8, 4) is 0 Å². The maximum Gasteiger partial charge on any atom is 0.271 e. The third kappa shape index (κ3) is 2.38. The normalized spacial score (nSPS) is 10.4. The zero-order valence-corrected chi connectivity index (χ0v) is 11.0. The summed E-state index contributed by atoms with van der Waals surface area (Å²) in [5.74, 6) is 0.478. The van der Waals surface area contributed by atoms with Gasteiger partial charge in [-0.05, 0) is 26.0 Å². The minimum Gasteiger partial charge on any atom is -0.325 e. The van der Waals surface area contributed by atoms with E-state index >= 15 is 0 Å². The second-order valence-corrected chi connectivity index (χ2v) is 4.33. The first-order valence-corrected chi connectivity index (χ1v) is 6.08. The van der Waals surface area contributed by atoms with Crippen molar-refractivity contribution in [1.29, 1.82) is 0 Å². The number of hydrogen-bond donors (Lipinski definition) is 1. The Hall–Kier alpha value is -1.81. The van der Waals surface area contributed by atoms with Gasteiger partial charge in [0.05, 0.1) is 6.33 Å². The molecule has 0 bridgehead atoms. The van der Waals surface area contributed by atoms with Crippen molar-refractivity contribution >= 4 is 23.1 Å². The zero-order chi connectivity index (χ0) is 13.1. The topological polar surface area (TPSA) is 49.0 Å². The predicted octanol–water partition coefficient (Wildman–Crippen LogP) is 2.89. The predicted molar refractivity (Wildman–Crippen MR) is 73.7 cm³/mol. The first-order chi connectivity index (χ1) is 8.63. The molecule has 18 heavy (non-hydrogen) atoms. The lowest BCUT2D eigenvalue weighted by molar-refractivity contribution is 0.967. The number of halogens is 1. The Morgan fingerprint density at radius 1 is 1.33 bits per heavy atom. The average molecular weight is 264 g/mol. The summed E-state index contributed by atoms with van der Waals surface area (Å²) >= 11 is 6.00. The Morgan fingerprint density at radius 2 is 2.00 bits per heavy atom. The lowest BCUT2D eigenvalue weighted by atomic mass is 10.2. The number of aromatic amines is 1. The molecule has 94 valence electrons. The lowest BCUT2D eigenvalue weighted by Crippen LogP contribution is -2.21. The summed E-state index contributed by atoms with van der Waals surface area (Å²) in [6.45, 7) is 4.69. The molecule has 1 heterocycles. The van der Waals surface area contributed by atoms with E-state index in [1.807, 2.05) is 43.0 Å². The fraction of sp³-hybridized carbons (Fsp3) is 0.231. The van der Waals surface area contributed by atoms with E-state index in [1.165, 1.54) is 11.9 Å². The second kappa shape index (κ2) is 5.23. The molecule has 2 aromatic rings. The van der Waals surface area contributed by atoms with Crippen LogP contribution in [0.15, 0.2) is 35.4 Å². The molecule has 1 aromatic heterocycles. The second-order valence-electron chi connectivity index (χ2n) is 3.95. The number of aromatic nitrogens is 2. The summed E-state index contributed by atoms with van der Waals surface area (Å²) in [7, 11) is 0. The smallest absolute Gasteiger partial charge is 0.271 e. The van der Waals surface area contributed by atoms with Gasteiger partial charge >= 0.3 is 0 Å². The molecule has 4 nitrogen and oxygen atoms in total. The molecule has 1 aromatic carbocycles. The molecular weight excluding hydrogens is 250 g/mol. The molecule has 0 aliphatic rings. The molecule has 2 rings (SSSR count). The maximum absolute atomic E-state index is 11.5. The van der Waals surface area contributed by atoms with Gasteiger partial charge < -0.3 is 9.88 Å². The Labute approximate surface area is 110 Å². The summed E-state index contributed by atoms with van der Waals surface area (Å²) in [4.78, 5) is 20.0. The number of anilines is 2. The van der Waals surface area contributed by atoms with Gasteiger partial charge in [-0.1, -0.05) is 29.3 Å². The first kappa shape index (κ1) is 12.6. The standard InChI is InChI=1S/C13H14ClN3O/c1-3-17(10-6-4-9(2)5-7-10)12-11(14)13(18)16-8-15-12/h4-8H,3H2,1-2H3,(H,15,16,18). The van der Waals surface area contributed by atoms with Crippen LogP contribution in [0.4, 0.5) is 11.5 Å². The fourth-order valence-electron chi connectivity index (χ4n) is 1.74. The van der Waals surface area contributed by atoms with E-state index in [-0.39, 0.29) is 10.6 Å². The molecule has 0 saturated heterocycles. The minimum atomic E-state index is -0.327. The summed E-state index contributed by atoms with van der Waals surface area (Å²) in [5, 5.41) is 0.111. The largest absolute Gasteiger partial charge is 0.325 e. The van der Waals surface area contributed by atoms with Crippen molar-refractivity contribution in [2.75, 3.05) is 11.4 Å². The number of aryl methyl sites for hydroxylation is 1. The number of rotatable bonds is 3. The highest BCUT2D eigenvalue weighted by Crippen LogP contribution is 2.27. The van der Waals surface area contributed by atoms with Crippen molar-refractivity contribution in [3.05, 3.63) is 51.5 Å². The third-order valence-corrected chi connectivity index (χ3v) is 3.04. The van der Waals surface area contributed by atoms with Crippen molar-refractivity contribution in [3.63, 3.8) is 0 Å². The Balaban J connectivity index is 2.48. The monoisotopic (exact) mass is 263 g/mol. The molecule has 0 saturated carbocycles. The molecule has 5 heteroatoms. The number of nitrogens with one attached hydrogen (secondary N) is 1. The average Bonchev–Trinajstić information content (AvgIpc) is 2.37. The van der Waals surface area contributed by atoms with Crippen LogP contribution in [-0.2, 0) is 0 Å². The van der Waals surface area contributed by atoms with Crippen molar-refractivity contribution in [1.82, 2.24) is 9.97 Å². The van der Waals surface area contributed by atoms with Gasteiger partial charge in [-0.2, -0.15) is 0 Å². The van der Waals surface area contributed by atoms with Gasteiger partial charge in [-0.25, -0.2) is 4.98 Å². The van der Waals surface area contributed by atoms with Crippen LogP contribution >= 0.6 is 11.6 Å². The minimum absolute atomic E-state index is 0.111.